The summed E-state index contributed by atoms with van der Waals surface area (Å²) in [6.07, 6.45) is -4.10. The second kappa shape index (κ2) is 11.5. The van der Waals surface area contributed by atoms with Crippen molar-refractivity contribution in [2.24, 2.45) is 4.99 Å². The summed E-state index contributed by atoms with van der Waals surface area (Å²) in [6.45, 7) is 2.53. The van der Waals surface area contributed by atoms with Crippen molar-refractivity contribution in [3.05, 3.63) is 24.3 Å². The molecule has 0 bridgehead atoms. The minimum atomic E-state index is -4.23. The predicted octanol–water partition coefficient (Wildman–Crippen LogP) is 2.59. The molecule has 1 aromatic rings. The predicted molar refractivity (Wildman–Crippen MR) is 105 cm³/mol. The van der Waals surface area contributed by atoms with Gasteiger partial charge in [0.2, 0.25) is 0 Å². The standard InChI is InChI=1S/C15H22F3N3O3S.HI/c1-3-19-14(20-9-8-15(16,17)18)21-10-11-24-12-4-6-13(7-5-12)25(2,22)23;/h4-7H,3,8-11H2,1-2H3,(H2,19,20,21);1H. The number of benzene rings is 1. The van der Waals surface area contributed by atoms with E-state index in [4.69, 9.17) is 4.74 Å². The molecule has 0 saturated heterocycles. The molecule has 2 N–H and O–H groups in total. The summed E-state index contributed by atoms with van der Waals surface area (Å²) in [5, 5.41) is 5.70. The van der Waals surface area contributed by atoms with E-state index in [1.54, 1.807) is 19.1 Å². The lowest BCUT2D eigenvalue weighted by atomic mass is 10.3. The maximum absolute atomic E-state index is 12.1. The molecule has 0 unspecified atom stereocenters. The van der Waals surface area contributed by atoms with Crippen LogP contribution in [0.3, 0.4) is 0 Å². The van der Waals surface area contributed by atoms with Crippen LogP contribution >= 0.6 is 24.0 Å². The van der Waals surface area contributed by atoms with Gasteiger partial charge in [0.25, 0.3) is 0 Å². The Labute approximate surface area is 168 Å². The van der Waals surface area contributed by atoms with E-state index in [2.05, 4.69) is 15.6 Å². The summed E-state index contributed by atoms with van der Waals surface area (Å²) in [4.78, 5) is 4.03. The fourth-order valence-corrected chi connectivity index (χ4v) is 2.39. The molecule has 1 aromatic carbocycles. The van der Waals surface area contributed by atoms with Crippen LogP contribution in [0.15, 0.2) is 34.2 Å². The smallest absolute Gasteiger partial charge is 0.390 e. The zero-order valence-electron chi connectivity index (χ0n) is 14.5. The molecule has 0 fully saturated rings. The second-order valence-corrected chi connectivity index (χ2v) is 7.16. The zero-order chi connectivity index (χ0) is 18.9. The van der Waals surface area contributed by atoms with Gasteiger partial charge in [0.1, 0.15) is 12.4 Å². The van der Waals surface area contributed by atoms with E-state index in [1.807, 2.05) is 0 Å². The summed E-state index contributed by atoms with van der Waals surface area (Å²) in [6, 6.07) is 5.97. The molecule has 0 atom stereocenters. The maximum atomic E-state index is 12.1. The molecule has 0 aliphatic rings. The number of ether oxygens (including phenoxy) is 1. The average Bonchev–Trinajstić information content (AvgIpc) is 2.50. The summed E-state index contributed by atoms with van der Waals surface area (Å²) >= 11 is 0. The van der Waals surface area contributed by atoms with Gasteiger partial charge in [-0.15, -0.1) is 24.0 Å². The minimum Gasteiger partial charge on any atom is -0.492 e. The molecule has 6 nitrogen and oxygen atoms in total. The van der Waals surface area contributed by atoms with E-state index in [1.165, 1.54) is 12.1 Å². The third-order valence-corrected chi connectivity index (χ3v) is 4.05. The van der Waals surface area contributed by atoms with E-state index < -0.39 is 22.4 Å². The van der Waals surface area contributed by atoms with Crippen LogP contribution in [0.25, 0.3) is 0 Å². The van der Waals surface area contributed by atoms with Crippen LogP contribution in [-0.2, 0) is 9.84 Å². The lowest BCUT2D eigenvalue weighted by Gasteiger charge is -2.12. The van der Waals surface area contributed by atoms with E-state index in [-0.39, 0.29) is 48.0 Å². The highest BCUT2D eigenvalue weighted by Crippen LogP contribution is 2.19. The number of nitrogens with one attached hydrogen (secondary N) is 2. The van der Waals surface area contributed by atoms with Gasteiger partial charge in [-0.3, -0.25) is 4.99 Å². The molecule has 0 heterocycles. The van der Waals surface area contributed by atoms with Gasteiger partial charge in [-0.1, -0.05) is 0 Å². The van der Waals surface area contributed by atoms with E-state index in [0.717, 1.165) is 6.26 Å². The highest BCUT2D eigenvalue weighted by atomic mass is 127. The molecule has 1 rings (SSSR count). The number of nitrogens with zero attached hydrogens (tertiary/aromatic N) is 1. The maximum Gasteiger partial charge on any atom is 0.390 e. The normalized spacial score (nSPS) is 12.3. The summed E-state index contributed by atoms with van der Waals surface area (Å²) in [7, 11) is -3.25. The minimum absolute atomic E-state index is 0. The van der Waals surface area contributed by atoms with Crippen LogP contribution in [-0.4, -0.2) is 53.1 Å². The van der Waals surface area contributed by atoms with Gasteiger partial charge in [0.05, 0.1) is 24.4 Å². The Balaban J connectivity index is 0.00000625. The first-order valence-electron chi connectivity index (χ1n) is 7.63. The molecular weight excluding hydrogens is 486 g/mol. The molecule has 11 heteroatoms. The molecule has 0 aliphatic heterocycles. The quantitative estimate of drug-likeness (QED) is 0.244. The van der Waals surface area contributed by atoms with Crippen molar-refractivity contribution in [3.63, 3.8) is 0 Å². The Hall–Kier alpha value is -1.24. The summed E-state index contributed by atoms with van der Waals surface area (Å²) in [5.74, 6) is 0.774. The third kappa shape index (κ3) is 10.7. The first-order chi connectivity index (χ1) is 11.6. The first-order valence-corrected chi connectivity index (χ1v) is 9.53. The number of aliphatic imine (C=N–C) groups is 1. The highest BCUT2D eigenvalue weighted by molar-refractivity contribution is 14.0. The van der Waals surface area contributed by atoms with Crippen LogP contribution in [0.2, 0.25) is 0 Å². The molecule has 0 saturated carbocycles. The molecule has 0 aromatic heterocycles. The Bertz CT molecular complexity index is 665. The van der Waals surface area contributed by atoms with Crippen molar-refractivity contribution in [2.75, 3.05) is 32.5 Å². The lowest BCUT2D eigenvalue weighted by molar-refractivity contribution is -0.132. The molecule has 0 amide bonds. The Morgan fingerprint density at radius 1 is 1.19 bits per heavy atom. The number of alkyl halides is 3. The number of hydrogen-bond donors (Lipinski definition) is 2. The van der Waals surface area contributed by atoms with Crippen molar-refractivity contribution < 1.29 is 26.3 Å². The van der Waals surface area contributed by atoms with Gasteiger partial charge >= 0.3 is 6.18 Å². The van der Waals surface area contributed by atoms with Gasteiger partial charge in [-0.25, -0.2) is 8.42 Å². The van der Waals surface area contributed by atoms with Crippen molar-refractivity contribution >= 4 is 39.8 Å². The first kappa shape index (κ1) is 24.8. The van der Waals surface area contributed by atoms with E-state index >= 15 is 0 Å². The molecule has 0 radical (unpaired) electrons. The van der Waals surface area contributed by atoms with E-state index in [0.29, 0.717) is 18.8 Å². The topological polar surface area (TPSA) is 79.8 Å². The number of halogens is 4. The molecular formula is C15H23F3IN3O3S. The Morgan fingerprint density at radius 3 is 2.31 bits per heavy atom. The summed E-state index contributed by atoms with van der Waals surface area (Å²) in [5.41, 5.74) is 0. The van der Waals surface area contributed by atoms with Crippen LogP contribution < -0.4 is 15.4 Å². The number of rotatable bonds is 8. The van der Waals surface area contributed by atoms with E-state index in [9.17, 15) is 21.6 Å². The van der Waals surface area contributed by atoms with Gasteiger partial charge < -0.3 is 15.4 Å². The van der Waals surface area contributed by atoms with Crippen molar-refractivity contribution in [1.29, 1.82) is 0 Å². The second-order valence-electron chi connectivity index (χ2n) is 5.14. The number of hydrogen-bond acceptors (Lipinski definition) is 4. The van der Waals surface area contributed by atoms with Crippen molar-refractivity contribution in [1.82, 2.24) is 10.6 Å². The van der Waals surface area contributed by atoms with Crippen LogP contribution in [0.4, 0.5) is 13.2 Å². The fraction of sp³-hybridized carbons (Fsp3) is 0.533. The molecule has 0 spiro atoms. The fourth-order valence-electron chi connectivity index (χ4n) is 1.76. The molecule has 26 heavy (non-hydrogen) atoms. The molecule has 0 aliphatic carbocycles. The van der Waals surface area contributed by atoms with Crippen molar-refractivity contribution in [2.45, 2.75) is 24.4 Å². The van der Waals surface area contributed by atoms with Gasteiger partial charge in [0, 0.05) is 12.8 Å². The molecule has 150 valence electrons. The van der Waals surface area contributed by atoms with Gasteiger partial charge in [-0.05, 0) is 31.2 Å². The highest BCUT2D eigenvalue weighted by Gasteiger charge is 2.26. The third-order valence-electron chi connectivity index (χ3n) is 2.92. The van der Waals surface area contributed by atoms with Gasteiger partial charge in [-0.2, -0.15) is 13.2 Å². The Morgan fingerprint density at radius 2 is 1.81 bits per heavy atom. The Kier molecular flexibility index (Phi) is 10.9. The van der Waals surface area contributed by atoms with Crippen LogP contribution in [0, 0.1) is 0 Å². The largest absolute Gasteiger partial charge is 0.492 e. The van der Waals surface area contributed by atoms with Crippen molar-refractivity contribution in [3.8, 4) is 5.75 Å². The van der Waals surface area contributed by atoms with Crippen LogP contribution in [0.1, 0.15) is 13.3 Å². The lowest BCUT2D eigenvalue weighted by Crippen LogP contribution is -2.39. The van der Waals surface area contributed by atoms with Gasteiger partial charge in [0.15, 0.2) is 15.8 Å². The SMILES string of the molecule is CCNC(=NCCC(F)(F)F)NCCOc1ccc(S(C)(=O)=O)cc1.I. The average molecular weight is 509 g/mol. The number of guanidine groups is 1. The number of sulfone groups is 1. The van der Waals surface area contributed by atoms with Crippen LogP contribution in [0.5, 0.6) is 5.75 Å². The monoisotopic (exact) mass is 509 g/mol. The zero-order valence-corrected chi connectivity index (χ0v) is 17.6. The summed E-state index contributed by atoms with van der Waals surface area (Å²) < 4.78 is 64.5.